The molecule has 0 aromatic carbocycles. The lowest BCUT2D eigenvalue weighted by Gasteiger charge is -2.16. The first kappa shape index (κ1) is 9.00. The molecule has 0 spiro atoms. The van der Waals surface area contributed by atoms with Crippen LogP contribution in [0.3, 0.4) is 0 Å². The first-order valence-corrected chi connectivity index (χ1v) is 4.22. The second kappa shape index (κ2) is 4.84. The lowest BCUT2D eigenvalue weighted by atomic mass is 9.90. The molecule has 0 heterocycles. The van der Waals surface area contributed by atoms with Gasteiger partial charge in [0.15, 0.2) is 0 Å². The molecule has 56 valence electrons. The zero-order valence-corrected chi connectivity index (χ0v) is 7.28. The highest BCUT2D eigenvalue weighted by Gasteiger charge is 2.07. The van der Waals surface area contributed by atoms with E-state index in [-0.39, 0.29) is 0 Å². The monoisotopic (exact) mass is 128 g/mol. The molecule has 0 aromatic heterocycles. The molecule has 0 unspecified atom stereocenters. The van der Waals surface area contributed by atoms with E-state index in [1.54, 1.807) is 0 Å². The average molecular weight is 128 g/mol. The number of rotatable bonds is 4. The van der Waals surface area contributed by atoms with Crippen LogP contribution < -0.4 is 0 Å². The smallest absolute Gasteiger partial charge is 0.0417 e. The molecule has 0 radical (unpaired) electrons. The zero-order chi connectivity index (χ0) is 7.28. The Bertz CT molecular complexity index is 57.1. The van der Waals surface area contributed by atoms with Gasteiger partial charge in [-0.25, -0.2) is 0 Å². The molecular weight excluding hydrogens is 108 g/mol. The Morgan fingerprint density at radius 1 is 1.00 bits per heavy atom. The lowest BCUT2D eigenvalue weighted by molar-refractivity contribution is 0.352. The van der Waals surface area contributed by atoms with Crippen LogP contribution in [0.15, 0.2) is 0 Å². The van der Waals surface area contributed by atoms with Crippen LogP contribution in [0.25, 0.3) is 0 Å². The summed E-state index contributed by atoms with van der Waals surface area (Å²) in [7, 11) is 0. The van der Waals surface area contributed by atoms with Gasteiger partial charge in [-0.05, 0) is 11.8 Å². The first-order chi connectivity index (χ1) is 4.22. The fraction of sp³-hybridized carbons (Fsp3) is 1.00. The third-order valence-corrected chi connectivity index (χ3v) is 2.36. The van der Waals surface area contributed by atoms with Crippen LogP contribution in [0.1, 0.15) is 47.0 Å². The standard InChI is InChI=1S/C9H20/c1-5-7-9(4)8(3)6-2/h8-9H,5-7H2,1-4H3/t8-,9-/m1/s1. The van der Waals surface area contributed by atoms with E-state index in [1.165, 1.54) is 19.3 Å². The molecular formula is C9H20. The SMILES string of the molecule is CCC[C@@H](C)[C@H](C)CC. The van der Waals surface area contributed by atoms with E-state index in [0.717, 1.165) is 11.8 Å². The molecule has 0 saturated heterocycles. The van der Waals surface area contributed by atoms with E-state index in [4.69, 9.17) is 0 Å². The largest absolute Gasteiger partial charge is 0.0654 e. The van der Waals surface area contributed by atoms with Gasteiger partial charge >= 0.3 is 0 Å². The highest BCUT2D eigenvalue weighted by molar-refractivity contribution is 4.58. The summed E-state index contributed by atoms with van der Waals surface area (Å²) in [5, 5.41) is 0. The molecule has 0 aliphatic heterocycles. The Labute approximate surface area is 59.7 Å². The van der Waals surface area contributed by atoms with Gasteiger partial charge in [0.2, 0.25) is 0 Å². The maximum absolute atomic E-state index is 2.36. The minimum absolute atomic E-state index is 0.921. The fourth-order valence-corrected chi connectivity index (χ4v) is 1.14. The third kappa shape index (κ3) is 3.56. The van der Waals surface area contributed by atoms with Gasteiger partial charge in [0, 0.05) is 0 Å². The third-order valence-electron chi connectivity index (χ3n) is 2.36. The van der Waals surface area contributed by atoms with Crippen LogP contribution in [0.2, 0.25) is 0 Å². The Hall–Kier alpha value is 0. The molecule has 0 amide bonds. The summed E-state index contributed by atoms with van der Waals surface area (Å²) in [5.41, 5.74) is 0. The van der Waals surface area contributed by atoms with Crippen molar-refractivity contribution in [3.8, 4) is 0 Å². The van der Waals surface area contributed by atoms with E-state index in [0.29, 0.717) is 0 Å². The molecule has 0 aromatic rings. The van der Waals surface area contributed by atoms with Crippen molar-refractivity contribution in [3.05, 3.63) is 0 Å². The van der Waals surface area contributed by atoms with Crippen molar-refractivity contribution < 1.29 is 0 Å². The zero-order valence-electron chi connectivity index (χ0n) is 7.28. The summed E-state index contributed by atoms with van der Waals surface area (Å²) in [6.45, 7) is 9.24. The summed E-state index contributed by atoms with van der Waals surface area (Å²) in [6, 6.07) is 0. The Morgan fingerprint density at radius 2 is 1.56 bits per heavy atom. The van der Waals surface area contributed by atoms with Crippen LogP contribution in [-0.4, -0.2) is 0 Å². The van der Waals surface area contributed by atoms with Crippen molar-refractivity contribution in [3.63, 3.8) is 0 Å². The summed E-state index contributed by atoms with van der Waals surface area (Å²) in [4.78, 5) is 0. The molecule has 0 rings (SSSR count). The minimum Gasteiger partial charge on any atom is -0.0654 e. The molecule has 9 heavy (non-hydrogen) atoms. The van der Waals surface area contributed by atoms with Gasteiger partial charge in [0.05, 0.1) is 0 Å². The van der Waals surface area contributed by atoms with Gasteiger partial charge in [-0.15, -0.1) is 0 Å². The molecule has 0 aliphatic carbocycles. The van der Waals surface area contributed by atoms with Gasteiger partial charge in [-0.1, -0.05) is 47.0 Å². The number of hydrogen-bond donors (Lipinski definition) is 0. The highest BCUT2D eigenvalue weighted by atomic mass is 14.1. The minimum atomic E-state index is 0.921. The Balaban J connectivity index is 3.32. The Morgan fingerprint density at radius 3 is 1.89 bits per heavy atom. The van der Waals surface area contributed by atoms with Crippen molar-refractivity contribution >= 4 is 0 Å². The van der Waals surface area contributed by atoms with Crippen LogP contribution >= 0.6 is 0 Å². The van der Waals surface area contributed by atoms with Crippen LogP contribution in [0, 0.1) is 11.8 Å². The second-order valence-corrected chi connectivity index (χ2v) is 3.15. The fourth-order valence-electron chi connectivity index (χ4n) is 1.14. The molecule has 0 aliphatic rings. The number of hydrogen-bond acceptors (Lipinski definition) is 0. The molecule has 0 bridgehead atoms. The normalized spacial score (nSPS) is 17.3. The summed E-state index contributed by atoms with van der Waals surface area (Å²) >= 11 is 0. The van der Waals surface area contributed by atoms with Crippen LogP contribution in [0.5, 0.6) is 0 Å². The molecule has 2 atom stereocenters. The van der Waals surface area contributed by atoms with Crippen molar-refractivity contribution in [2.24, 2.45) is 11.8 Å². The van der Waals surface area contributed by atoms with Crippen molar-refractivity contribution in [1.29, 1.82) is 0 Å². The van der Waals surface area contributed by atoms with E-state index in [1.807, 2.05) is 0 Å². The highest BCUT2D eigenvalue weighted by Crippen LogP contribution is 2.18. The van der Waals surface area contributed by atoms with Crippen LogP contribution in [0.4, 0.5) is 0 Å². The van der Waals surface area contributed by atoms with Gasteiger partial charge in [-0.2, -0.15) is 0 Å². The summed E-state index contributed by atoms with van der Waals surface area (Å²) in [5.74, 6) is 1.85. The molecule has 0 nitrogen and oxygen atoms in total. The van der Waals surface area contributed by atoms with Crippen molar-refractivity contribution in [1.82, 2.24) is 0 Å². The lowest BCUT2D eigenvalue weighted by Crippen LogP contribution is -2.05. The Kier molecular flexibility index (Phi) is 4.84. The van der Waals surface area contributed by atoms with Crippen molar-refractivity contribution in [2.75, 3.05) is 0 Å². The van der Waals surface area contributed by atoms with E-state index in [9.17, 15) is 0 Å². The second-order valence-electron chi connectivity index (χ2n) is 3.15. The van der Waals surface area contributed by atoms with Gasteiger partial charge in [-0.3, -0.25) is 0 Å². The molecule has 0 N–H and O–H groups in total. The summed E-state index contributed by atoms with van der Waals surface area (Å²) in [6.07, 6.45) is 4.07. The molecule has 0 fully saturated rings. The van der Waals surface area contributed by atoms with E-state index < -0.39 is 0 Å². The molecule has 0 saturated carbocycles. The maximum Gasteiger partial charge on any atom is -0.0417 e. The van der Waals surface area contributed by atoms with Gasteiger partial charge in [0.25, 0.3) is 0 Å². The predicted molar refractivity (Wildman–Crippen MR) is 43.5 cm³/mol. The molecule has 0 heteroatoms. The summed E-state index contributed by atoms with van der Waals surface area (Å²) < 4.78 is 0. The van der Waals surface area contributed by atoms with E-state index >= 15 is 0 Å². The quantitative estimate of drug-likeness (QED) is 0.544. The van der Waals surface area contributed by atoms with Gasteiger partial charge < -0.3 is 0 Å². The van der Waals surface area contributed by atoms with Crippen LogP contribution in [-0.2, 0) is 0 Å². The maximum atomic E-state index is 2.36. The topological polar surface area (TPSA) is 0 Å². The van der Waals surface area contributed by atoms with E-state index in [2.05, 4.69) is 27.7 Å². The predicted octanol–water partition coefficient (Wildman–Crippen LogP) is 3.47. The van der Waals surface area contributed by atoms with Gasteiger partial charge in [0.1, 0.15) is 0 Å². The average Bonchev–Trinajstić information content (AvgIpc) is 1.87. The first-order valence-electron chi connectivity index (χ1n) is 4.22. The van der Waals surface area contributed by atoms with Crippen molar-refractivity contribution in [2.45, 2.75) is 47.0 Å².